The molecule has 0 bridgehead atoms. The Morgan fingerprint density at radius 3 is 2.67 bits per heavy atom. The minimum Gasteiger partial charge on any atom is -0.304 e. The second-order valence-electron chi connectivity index (χ2n) is 3.86. The monoisotopic (exact) mass is 286 g/mol. The number of rotatable bonds is 3. The van der Waals surface area contributed by atoms with Gasteiger partial charge in [-0.3, -0.25) is 4.79 Å². The molecule has 2 rings (SSSR count). The van der Waals surface area contributed by atoms with Crippen LogP contribution in [-0.2, 0) is 14.8 Å². The van der Waals surface area contributed by atoms with Gasteiger partial charge in [-0.1, -0.05) is 18.2 Å². The standard InChI is InChI=1S/C11H14N2O3S2/c14-11(10-8-17-7-6-12-10)13-18(15,16)9-4-2-1-3-5-9/h1-5,10,12H,6-8H2,(H,13,14). The van der Waals surface area contributed by atoms with Crippen LogP contribution in [0.1, 0.15) is 0 Å². The Morgan fingerprint density at radius 2 is 2.06 bits per heavy atom. The zero-order chi connectivity index (χ0) is 13.0. The van der Waals surface area contributed by atoms with Crippen molar-refractivity contribution in [3.8, 4) is 0 Å². The Balaban J connectivity index is 2.06. The first kappa shape index (κ1) is 13.4. The lowest BCUT2D eigenvalue weighted by molar-refractivity contribution is -0.120. The predicted molar refractivity (Wildman–Crippen MR) is 70.9 cm³/mol. The van der Waals surface area contributed by atoms with Gasteiger partial charge in [0.15, 0.2) is 0 Å². The molecule has 1 aliphatic rings. The summed E-state index contributed by atoms with van der Waals surface area (Å²) in [6.07, 6.45) is 0. The van der Waals surface area contributed by atoms with Gasteiger partial charge in [0.2, 0.25) is 0 Å². The van der Waals surface area contributed by atoms with Crippen molar-refractivity contribution in [2.45, 2.75) is 10.9 Å². The normalized spacial score (nSPS) is 20.3. The highest BCUT2D eigenvalue weighted by Crippen LogP contribution is 2.10. The number of carbonyl (C=O) groups excluding carboxylic acids is 1. The summed E-state index contributed by atoms with van der Waals surface area (Å²) in [6, 6.07) is 7.43. The number of nitrogens with one attached hydrogen (secondary N) is 2. The smallest absolute Gasteiger partial charge is 0.264 e. The average molecular weight is 286 g/mol. The van der Waals surface area contributed by atoms with Gasteiger partial charge in [0.1, 0.15) is 0 Å². The molecule has 1 aliphatic heterocycles. The van der Waals surface area contributed by atoms with Crippen LogP contribution < -0.4 is 10.0 Å². The fourth-order valence-corrected chi connectivity index (χ4v) is 3.57. The third kappa shape index (κ3) is 3.24. The van der Waals surface area contributed by atoms with E-state index in [2.05, 4.69) is 10.0 Å². The third-order valence-corrected chi connectivity index (χ3v) is 4.95. The van der Waals surface area contributed by atoms with E-state index in [-0.39, 0.29) is 4.90 Å². The highest BCUT2D eigenvalue weighted by molar-refractivity contribution is 7.99. The molecule has 0 aliphatic carbocycles. The highest BCUT2D eigenvalue weighted by Gasteiger charge is 2.25. The van der Waals surface area contributed by atoms with Crippen molar-refractivity contribution >= 4 is 27.7 Å². The largest absolute Gasteiger partial charge is 0.304 e. The quantitative estimate of drug-likeness (QED) is 0.830. The second-order valence-corrected chi connectivity index (χ2v) is 6.70. The van der Waals surface area contributed by atoms with E-state index in [1.165, 1.54) is 12.1 Å². The molecule has 0 spiro atoms. The van der Waals surface area contributed by atoms with Crippen LogP contribution in [0.5, 0.6) is 0 Å². The lowest BCUT2D eigenvalue weighted by Crippen LogP contribution is -2.50. The summed E-state index contributed by atoms with van der Waals surface area (Å²) >= 11 is 1.63. The van der Waals surface area contributed by atoms with Crippen molar-refractivity contribution < 1.29 is 13.2 Å². The molecule has 0 saturated carbocycles. The van der Waals surface area contributed by atoms with Crippen molar-refractivity contribution in [2.24, 2.45) is 0 Å². The number of hydrogen-bond donors (Lipinski definition) is 2. The molecular formula is C11H14N2O3S2. The van der Waals surface area contributed by atoms with E-state index in [9.17, 15) is 13.2 Å². The van der Waals surface area contributed by atoms with Gasteiger partial charge in [-0.05, 0) is 12.1 Å². The number of sulfonamides is 1. The average Bonchev–Trinajstić information content (AvgIpc) is 2.40. The van der Waals surface area contributed by atoms with Crippen molar-refractivity contribution in [3.05, 3.63) is 30.3 Å². The molecule has 0 aromatic heterocycles. The molecule has 7 heteroatoms. The van der Waals surface area contributed by atoms with Gasteiger partial charge in [-0.25, -0.2) is 13.1 Å². The van der Waals surface area contributed by atoms with Gasteiger partial charge in [0, 0.05) is 18.1 Å². The van der Waals surface area contributed by atoms with Crippen LogP contribution in [0.25, 0.3) is 0 Å². The van der Waals surface area contributed by atoms with Gasteiger partial charge in [-0.2, -0.15) is 11.8 Å². The molecule has 5 nitrogen and oxygen atoms in total. The van der Waals surface area contributed by atoms with Gasteiger partial charge >= 0.3 is 0 Å². The van der Waals surface area contributed by atoms with Gasteiger partial charge in [0.05, 0.1) is 10.9 Å². The van der Waals surface area contributed by atoms with E-state index in [4.69, 9.17) is 0 Å². The summed E-state index contributed by atoms with van der Waals surface area (Å²) in [5.74, 6) is 1.04. The molecule has 98 valence electrons. The van der Waals surface area contributed by atoms with Crippen LogP contribution in [-0.4, -0.2) is 38.4 Å². The lowest BCUT2D eigenvalue weighted by Gasteiger charge is -2.22. The zero-order valence-electron chi connectivity index (χ0n) is 9.63. The maximum atomic E-state index is 11.9. The summed E-state index contributed by atoms with van der Waals surface area (Å²) in [5, 5.41) is 3.00. The second kappa shape index (κ2) is 5.73. The molecule has 1 amide bonds. The Bertz CT molecular complexity index is 510. The van der Waals surface area contributed by atoms with Crippen LogP contribution in [0.2, 0.25) is 0 Å². The maximum Gasteiger partial charge on any atom is 0.264 e. The van der Waals surface area contributed by atoms with Crippen molar-refractivity contribution in [2.75, 3.05) is 18.1 Å². The molecule has 1 unspecified atom stereocenters. The predicted octanol–water partition coefficient (Wildman–Crippen LogP) is 0.196. The number of amides is 1. The number of carbonyl (C=O) groups is 1. The maximum absolute atomic E-state index is 11.9. The molecule has 0 radical (unpaired) electrons. The van der Waals surface area contributed by atoms with Gasteiger partial charge in [-0.15, -0.1) is 0 Å². The molecule has 1 fully saturated rings. The van der Waals surface area contributed by atoms with E-state index in [0.717, 1.165) is 5.75 Å². The summed E-state index contributed by atoms with van der Waals surface area (Å²) in [4.78, 5) is 11.9. The van der Waals surface area contributed by atoms with Crippen LogP contribution in [0.4, 0.5) is 0 Å². The molecule has 1 aromatic rings. The number of thioether (sulfide) groups is 1. The van der Waals surface area contributed by atoms with Crippen molar-refractivity contribution in [3.63, 3.8) is 0 Å². The van der Waals surface area contributed by atoms with Crippen LogP contribution in [0, 0.1) is 0 Å². The van der Waals surface area contributed by atoms with E-state index in [1.807, 2.05) is 0 Å². The van der Waals surface area contributed by atoms with Crippen LogP contribution in [0.3, 0.4) is 0 Å². The topological polar surface area (TPSA) is 75.3 Å². The Hall–Kier alpha value is -1.05. The summed E-state index contributed by atoms with van der Waals surface area (Å²) < 4.78 is 25.9. The molecule has 2 N–H and O–H groups in total. The molecule has 18 heavy (non-hydrogen) atoms. The Kier molecular flexibility index (Phi) is 4.26. The Morgan fingerprint density at radius 1 is 1.33 bits per heavy atom. The highest BCUT2D eigenvalue weighted by atomic mass is 32.2. The van der Waals surface area contributed by atoms with Crippen LogP contribution in [0.15, 0.2) is 35.2 Å². The first-order chi connectivity index (χ1) is 8.59. The van der Waals surface area contributed by atoms with E-state index < -0.39 is 22.0 Å². The van der Waals surface area contributed by atoms with Gasteiger partial charge < -0.3 is 5.32 Å². The fourth-order valence-electron chi connectivity index (χ4n) is 1.60. The third-order valence-electron chi connectivity index (χ3n) is 2.53. The van der Waals surface area contributed by atoms with E-state index in [1.54, 1.807) is 30.0 Å². The van der Waals surface area contributed by atoms with Crippen molar-refractivity contribution in [1.29, 1.82) is 0 Å². The molecular weight excluding hydrogens is 272 g/mol. The van der Waals surface area contributed by atoms with Gasteiger partial charge in [0.25, 0.3) is 15.9 Å². The summed E-state index contributed by atoms with van der Waals surface area (Å²) in [5.41, 5.74) is 0. The fraction of sp³-hybridized carbons (Fsp3) is 0.364. The molecule has 1 aromatic carbocycles. The molecule has 1 atom stereocenters. The molecule has 1 heterocycles. The zero-order valence-corrected chi connectivity index (χ0v) is 11.3. The summed E-state index contributed by atoms with van der Waals surface area (Å²) in [7, 11) is -3.76. The van der Waals surface area contributed by atoms with E-state index in [0.29, 0.717) is 12.3 Å². The minimum absolute atomic E-state index is 0.0989. The first-order valence-corrected chi connectivity index (χ1v) is 8.16. The minimum atomic E-state index is -3.76. The Labute approximate surface area is 110 Å². The molecule has 1 saturated heterocycles. The first-order valence-electron chi connectivity index (χ1n) is 5.52. The van der Waals surface area contributed by atoms with Crippen LogP contribution >= 0.6 is 11.8 Å². The number of benzene rings is 1. The van der Waals surface area contributed by atoms with Crippen molar-refractivity contribution in [1.82, 2.24) is 10.0 Å². The van der Waals surface area contributed by atoms with E-state index >= 15 is 0 Å². The summed E-state index contributed by atoms with van der Waals surface area (Å²) in [6.45, 7) is 0.716. The number of hydrogen-bond acceptors (Lipinski definition) is 5. The lowest BCUT2D eigenvalue weighted by atomic mass is 10.3. The SMILES string of the molecule is O=C(NS(=O)(=O)c1ccccc1)C1CSCCN1.